The number of halogens is 1. The maximum absolute atomic E-state index is 12.7. The molecule has 3 aromatic rings. The van der Waals surface area contributed by atoms with Crippen LogP contribution in [0.5, 0.6) is 0 Å². The van der Waals surface area contributed by atoms with Crippen molar-refractivity contribution in [1.29, 1.82) is 0 Å². The van der Waals surface area contributed by atoms with Crippen LogP contribution in [0.4, 0.5) is 0 Å². The summed E-state index contributed by atoms with van der Waals surface area (Å²) in [4.78, 5) is 17.0. The van der Waals surface area contributed by atoms with E-state index in [0.29, 0.717) is 37.7 Å². The van der Waals surface area contributed by atoms with Crippen molar-refractivity contribution >= 4 is 17.5 Å². The van der Waals surface area contributed by atoms with Crippen LogP contribution in [0.15, 0.2) is 52.9 Å². The first-order valence-corrected chi connectivity index (χ1v) is 11.0. The van der Waals surface area contributed by atoms with Gasteiger partial charge in [0, 0.05) is 55.6 Å². The standard InChI is InChI=1S/C24H27ClN4O2/c1-17-7-9-19(10-8-17)24-27-26-22(31-24)11-12-23(30)29-15-13-28(14-16-29)18(2)20-5-3-4-6-21(20)25/h3-10,18H,11-16H2,1-2H3. The SMILES string of the molecule is Cc1ccc(-c2nnc(CCC(=O)N3CCN(C(C)c4ccccc4Cl)CC3)o2)cc1. The first-order valence-electron chi connectivity index (χ1n) is 10.7. The number of rotatable bonds is 6. The normalized spacial score (nSPS) is 15.8. The van der Waals surface area contributed by atoms with Crippen LogP contribution in [-0.4, -0.2) is 52.1 Å². The Morgan fingerprint density at radius 1 is 1.06 bits per heavy atom. The molecule has 1 aromatic heterocycles. The third-order valence-electron chi connectivity index (χ3n) is 5.89. The van der Waals surface area contributed by atoms with E-state index in [2.05, 4.69) is 28.1 Å². The van der Waals surface area contributed by atoms with Gasteiger partial charge in [-0.3, -0.25) is 9.69 Å². The number of hydrogen-bond donors (Lipinski definition) is 0. The van der Waals surface area contributed by atoms with Crippen LogP contribution >= 0.6 is 11.6 Å². The van der Waals surface area contributed by atoms with Gasteiger partial charge in [0.25, 0.3) is 0 Å². The van der Waals surface area contributed by atoms with E-state index in [1.807, 2.05) is 54.3 Å². The number of amides is 1. The lowest BCUT2D eigenvalue weighted by atomic mass is 10.1. The Balaban J connectivity index is 1.27. The summed E-state index contributed by atoms with van der Waals surface area (Å²) in [5.74, 6) is 1.11. The lowest BCUT2D eigenvalue weighted by Gasteiger charge is -2.38. The molecule has 0 aliphatic carbocycles. The van der Waals surface area contributed by atoms with Crippen LogP contribution in [-0.2, 0) is 11.2 Å². The van der Waals surface area contributed by atoms with E-state index >= 15 is 0 Å². The van der Waals surface area contributed by atoms with E-state index in [9.17, 15) is 4.79 Å². The average molecular weight is 439 g/mol. The summed E-state index contributed by atoms with van der Waals surface area (Å²) in [6.45, 7) is 7.29. The average Bonchev–Trinajstić information content (AvgIpc) is 3.27. The summed E-state index contributed by atoms with van der Waals surface area (Å²) < 4.78 is 5.74. The summed E-state index contributed by atoms with van der Waals surface area (Å²) in [6, 6.07) is 16.1. The summed E-state index contributed by atoms with van der Waals surface area (Å²) in [5.41, 5.74) is 3.19. The lowest BCUT2D eigenvalue weighted by Crippen LogP contribution is -2.49. The van der Waals surface area contributed by atoms with Gasteiger partial charge in [0.2, 0.25) is 17.7 Å². The molecule has 7 heteroatoms. The molecule has 1 saturated heterocycles. The third kappa shape index (κ3) is 5.14. The zero-order valence-corrected chi connectivity index (χ0v) is 18.7. The van der Waals surface area contributed by atoms with Crippen molar-refractivity contribution in [2.45, 2.75) is 32.7 Å². The molecule has 0 saturated carbocycles. The number of nitrogens with zero attached hydrogens (tertiary/aromatic N) is 4. The topological polar surface area (TPSA) is 62.5 Å². The highest BCUT2D eigenvalue weighted by Crippen LogP contribution is 2.28. The van der Waals surface area contributed by atoms with Crippen molar-refractivity contribution in [1.82, 2.24) is 20.0 Å². The molecule has 0 N–H and O–H groups in total. The summed E-state index contributed by atoms with van der Waals surface area (Å²) >= 11 is 6.35. The second-order valence-corrected chi connectivity index (χ2v) is 8.39. The summed E-state index contributed by atoms with van der Waals surface area (Å²) in [7, 11) is 0. The van der Waals surface area contributed by atoms with Gasteiger partial charge in [-0.15, -0.1) is 10.2 Å². The minimum absolute atomic E-state index is 0.125. The van der Waals surface area contributed by atoms with Crippen LogP contribution in [0.1, 0.15) is 36.4 Å². The number of benzene rings is 2. The smallest absolute Gasteiger partial charge is 0.247 e. The Hall–Kier alpha value is -2.70. The van der Waals surface area contributed by atoms with E-state index in [4.69, 9.17) is 16.0 Å². The van der Waals surface area contributed by atoms with Gasteiger partial charge in [0.15, 0.2) is 0 Å². The molecule has 0 radical (unpaired) electrons. The Labute approximate surface area is 187 Å². The zero-order valence-electron chi connectivity index (χ0n) is 17.9. The van der Waals surface area contributed by atoms with Crippen molar-refractivity contribution in [3.8, 4) is 11.5 Å². The molecule has 0 bridgehead atoms. The molecule has 1 amide bonds. The Morgan fingerprint density at radius 2 is 1.77 bits per heavy atom. The van der Waals surface area contributed by atoms with Gasteiger partial charge in [-0.05, 0) is 37.6 Å². The first-order chi connectivity index (χ1) is 15.0. The third-order valence-corrected chi connectivity index (χ3v) is 6.23. The number of piperazine rings is 1. The van der Waals surface area contributed by atoms with Crippen LogP contribution < -0.4 is 0 Å². The van der Waals surface area contributed by atoms with Crippen molar-refractivity contribution < 1.29 is 9.21 Å². The molecular formula is C24H27ClN4O2. The Bertz CT molecular complexity index is 1030. The van der Waals surface area contributed by atoms with Crippen molar-refractivity contribution in [2.75, 3.05) is 26.2 Å². The quantitative estimate of drug-likeness (QED) is 0.565. The highest BCUT2D eigenvalue weighted by molar-refractivity contribution is 6.31. The molecule has 1 aliphatic rings. The molecule has 2 aromatic carbocycles. The predicted molar refractivity (Wildman–Crippen MR) is 121 cm³/mol. The molecule has 162 valence electrons. The number of hydrogen-bond acceptors (Lipinski definition) is 5. The van der Waals surface area contributed by atoms with Gasteiger partial charge in [-0.1, -0.05) is 47.5 Å². The van der Waals surface area contributed by atoms with Crippen molar-refractivity contribution in [3.63, 3.8) is 0 Å². The molecule has 6 nitrogen and oxygen atoms in total. The monoisotopic (exact) mass is 438 g/mol. The number of aryl methyl sites for hydroxylation is 2. The fourth-order valence-electron chi connectivity index (χ4n) is 3.91. The maximum Gasteiger partial charge on any atom is 0.247 e. The van der Waals surface area contributed by atoms with Crippen LogP contribution in [0.3, 0.4) is 0 Å². The second kappa shape index (κ2) is 9.62. The minimum atomic E-state index is 0.125. The predicted octanol–water partition coefficient (Wildman–Crippen LogP) is 4.54. The first kappa shape index (κ1) is 21.5. The highest BCUT2D eigenvalue weighted by Gasteiger charge is 2.25. The molecular weight excluding hydrogens is 412 g/mol. The van der Waals surface area contributed by atoms with E-state index in [1.54, 1.807) is 0 Å². The van der Waals surface area contributed by atoms with Gasteiger partial charge < -0.3 is 9.32 Å². The molecule has 1 aliphatic heterocycles. The van der Waals surface area contributed by atoms with Gasteiger partial charge in [0.1, 0.15) is 0 Å². The second-order valence-electron chi connectivity index (χ2n) is 7.98. The van der Waals surface area contributed by atoms with Crippen LogP contribution in [0.2, 0.25) is 5.02 Å². The van der Waals surface area contributed by atoms with Gasteiger partial charge >= 0.3 is 0 Å². The zero-order chi connectivity index (χ0) is 21.8. The molecule has 1 atom stereocenters. The highest BCUT2D eigenvalue weighted by atomic mass is 35.5. The summed E-state index contributed by atoms with van der Waals surface area (Å²) in [6.07, 6.45) is 0.823. The van der Waals surface area contributed by atoms with Crippen LogP contribution in [0, 0.1) is 6.92 Å². The van der Waals surface area contributed by atoms with E-state index in [0.717, 1.165) is 29.2 Å². The van der Waals surface area contributed by atoms with Gasteiger partial charge in [0.05, 0.1) is 0 Å². The maximum atomic E-state index is 12.7. The number of carbonyl (C=O) groups is 1. The van der Waals surface area contributed by atoms with E-state index in [1.165, 1.54) is 5.56 Å². The molecule has 4 rings (SSSR count). The number of carbonyl (C=O) groups excluding carboxylic acids is 1. The molecule has 1 fully saturated rings. The van der Waals surface area contributed by atoms with Crippen LogP contribution in [0.25, 0.3) is 11.5 Å². The lowest BCUT2D eigenvalue weighted by molar-refractivity contribution is -0.133. The largest absolute Gasteiger partial charge is 0.421 e. The minimum Gasteiger partial charge on any atom is -0.421 e. The molecule has 1 unspecified atom stereocenters. The fourth-order valence-corrected chi connectivity index (χ4v) is 4.20. The molecule has 0 spiro atoms. The van der Waals surface area contributed by atoms with Gasteiger partial charge in [-0.2, -0.15) is 0 Å². The Kier molecular flexibility index (Phi) is 6.68. The Morgan fingerprint density at radius 3 is 2.48 bits per heavy atom. The molecule has 31 heavy (non-hydrogen) atoms. The van der Waals surface area contributed by atoms with Crippen molar-refractivity contribution in [3.05, 3.63) is 70.6 Å². The summed E-state index contributed by atoms with van der Waals surface area (Å²) in [5, 5.41) is 9.00. The van der Waals surface area contributed by atoms with Crippen molar-refractivity contribution in [2.24, 2.45) is 0 Å². The molecule has 2 heterocycles. The fraction of sp³-hybridized carbons (Fsp3) is 0.375. The van der Waals surface area contributed by atoms with E-state index in [-0.39, 0.29) is 11.9 Å². The van der Waals surface area contributed by atoms with Gasteiger partial charge in [-0.25, -0.2) is 0 Å². The van der Waals surface area contributed by atoms with E-state index < -0.39 is 0 Å². The number of aromatic nitrogens is 2.